The van der Waals surface area contributed by atoms with Crippen molar-refractivity contribution in [2.45, 2.75) is 31.4 Å². The number of hydrogen-bond donors (Lipinski definition) is 2. The Morgan fingerprint density at radius 2 is 1.68 bits per heavy atom. The second kappa shape index (κ2) is 9.41. The molecule has 4 aromatic rings. The first-order valence-electron chi connectivity index (χ1n) is 11.8. The summed E-state index contributed by atoms with van der Waals surface area (Å²) in [5.74, 6) is -0.0613. The zero-order valence-corrected chi connectivity index (χ0v) is 19.4. The van der Waals surface area contributed by atoms with Crippen molar-refractivity contribution >= 4 is 22.5 Å². The summed E-state index contributed by atoms with van der Waals surface area (Å²) in [4.78, 5) is 14.9. The molecular formula is C28H30N4O2. The standard InChI is InChI=1S/C28H30N4O2/c1-31-16-14-28(34,15-17-31)20-32-25-19-23(29-26(33)18-21-8-4-2-5-9-21)12-13-24(25)27(30-32)22-10-6-3-7-11-22/h2-13,19,34H,14-18,20H2,1H3,(H,29,33). The van der Waals surface area contributed by atoms with Crippen molar-refractivity contribution in [2.75, 3.05) is 25.5 Å². The van der Waals surface area contributed by atoms with Gasteiger partial charge in [-0.25, -0.2) is 0 Å². The molecule has 0 radical (unpaired) electrons. The number of carbonyl (C=O) groups excluding carboxylic acids is 1. The summed E-state index contributed by atoms with van der Waals surface area (Å²) in [5, 5.41) is 20.3. The van der Waals surface area contributed by atoms with Gasteiger partial charge >= 0.3 is 0 Å². The summed E-state index contributed by atoms with van der Waals surface area (Å²) in [6, 6.07) is 25.7. The van der Waals surface area contributed by atoms with Gasteiger partial charge in [-0.2, -0.15) is 5.10 Å². The number of aliphatic hydroxyl groups is 1. The predicted octanol–water partition coefficient (Wildman–Crippen LogP) is 4.34. The summed E-state index contributed by atoms with van der Waals surface area (Å²) >= 11 is 0. The molecule has 0 unspecified atom stereocenters. The first kappa shape index (κ1) is 22.3. The lowest BCUT2D eigenvalue weighted by Crippen LogP contribution is -2.45. The Balaban J connectivity index is 1.47. The third kappa shape index (κ3) is 4.88. The quantitative estimate of drug-likeness (QED) is 0.455. The van der Waals surface area contributed by atoms with Crippen LogP contribution < -0.4 is 5.32 Å². The van der Waals surface area contributed by atoms with E-state index < -0.39 is 5.60 Å². The summed E-state index contributed by atoms with van der Waals surface area (Å²) < 4.78 is 1.91. The van der Waals surface area contributed by atoms with Gasteiger partial charge in [-0.05, 0) is 43.7 Å². The third-order valence-electron chi connectivity index (χ3n) is 6.65. The first-order chi connectivity index (χ1) is 16.5. The molecule has 174 valence electrons. The van der Waals surface area contributed by atoms with E-state index in [2.05, 4.69) is 17.3 Å². The number of nitrogens with zero attached hydrogens (tertiary/aromatic N) is 3. The fourth-order valence-electron chi connectivity index (χ4n) is 4.64. The number of fused-ring (bicyclic) bond motifs is 1. The second-order valence-corrected chi connectivity index (χ2v) is 9.34. The van der Waals surface area contributed by atoms with E-state index in [0.717, 1.165) is 46.5 Å². The zero-order chi connectivity index (χ0) is 23.5. The van der Waals surface area contributed by atoms with Crippen molar-refractivity contribution < 1.29 is 9.90 Å². The van der Waals surface area contributed by atoms with Crippen LogP contribution in [0, 0.1) is 0 Å². The summed E-state index contributed by atoms with van der Waals surface area (Å²) in [5.41, 5.74) is 3.72. The van der Waals surface area contributed by atoms with Gasteiger partial charge in [0.05, 0.1) is 24.1 Å². The highest BCUT2D eigenvalue weighted by atomic mass is 16.3. The molecular weight excluding hydrogens is 424 g/mol. The molecule has 1 fully saturated rings. The maximum Gasteiger partial charge on any atom is 0.228 e. The van der Waals surface area contributed by atoms with Crippen LogP contribution in [0.25, 0.3) is 22.2 Å². The topological polar surface area (TPSA) is 70.4 Å². The van der Waals surface area contributed by atoms with Crippen LogP contribution in [-0.2, 0) is 17.8 Å². The van der Waals surface area contributed by atoms with Crippen molar-refractivity contribution in [3.05, 3.63) is 84.4 Å². The molecule has 1 aliphatic rings. The van der Waals surface area contributed by atoms with Gasteiger partial charge in [0.2, 0.25) is 5.91 Å². The monoisotopic (exact) mass is 454 g/mol. The lowest BCUT2D eigenvalue weighted by molar-refractivity contribution is -0.115. The number of piperidine rings is 1. The highest BCUT2D eigenvalue weighted by molar-refractivity contribution is 5.98. The maximum atomic E-state index is 12.7. The number of hydrogen-bond acceptors (Lipinski definition) is 4. The van der Waals surface area contributed by atoms with Crippen LogP contribution >= 0.6 is 0 Å². The minimum absolute atomic E-state index is 0.0613. The summed E-state index contributed by atoms with van der Waals surface area (Å²) in [6.07, 6.45) is 1.73. The molecule has 1 amide bonds. The van der Waals surface area contributed by atoms with Crippen LogP contribution in [0.15, 0.2) is 78.9 Å². The van der Waals surface area contributed by atoms with E-state index in [1.54, 1.807) is 0 Å². The number of rotatable bonds is 6. The number of benzene rings is 3. The molecule has 0 saturated carbocycles. The molecule has 0 spiro atoms. The van der Waals surface area contributed by atoms with E-state index in [1.807, 2.05) is 83.5 Å². The Bertz CT molecular complexity index is 1280. The van der Waals surface area contributed by atoms with Crippen LogP contribution in [0.2, 0.25) is 0 Å². The van der Waals surface area contributed by atoms with Crippen LogP contribution in [-0.4, -0.2) is 51.4 Å². The molecule has 1 aliphatic heterocycles. The number of likely N-dealkylation sites (tertiary alicyclic amines) is 1. The molecule has 5 rings (SSSR count). The van der Waals surface area contributed by atoms with Crippen molar-refractivity contribution in [3.63, 3.8) is 0 Å². The Morgan fingerprint density at radius 1 is 1.00 bits per heavy atom. The maximum absolute atomic E-state index is 12.7. The van der Waals surface area contributed by atoms with Gasteiger partial charge in [0.1, 0.15) is 5.69 Å². The van der Waals surface area contributed by atoms with E-state index in [0.29, 0.717) is 25.8 Å². The largest absolute Gasteiger partial charge is 0.388 e. The molecule has 2 heterocycles. The SMILES string of the molecule is CN1CCC(O)(Cn2nc(-c3ccccc3)c3ccc(NC(=O)Cc4ccccc4)cc32)CC1. The van der Waals surface area contributed by atoms with Gasteiger partial charge in [-0.15, -0.1) is 0 Å². The summed E-state index contributed by atoms with van der Waals surface area (Å²) in [7, 11) is 2.08. The van der Waals surface area contributed by atoms with Crippen molar-refractivity contribution in [2.24, 2.45) is 0 Å². The molecule has 6 nitrogen and oxygen atoms in total. The van der Waals surface area contributed by atoms with Crippen molar-refractivity contribution in [1.82, 2.24) is 14.7 Å². The van der Waals surface area contributed by atoms with Crippen LogP contribution in [0.5, 0.6) is 0 Å². The second-order valence-electron chi connectivity index (χ2n) is 9.34. The van der Waals surface area contributed by atoms with E-state index in [1.165, 1.54) is 0 Å². The molecule has 3 aromatic carbocycles. The fourth-order valence-corrected chi connectivity index (χ4v) is 4.64. The predicted molar refractivity (Wildman–Crippen MR) is 136 cm³/mol. The van der Waals surface area contributed by atoms with Gasteiger partial charge in [0, 0.05) is 29.7 Å². The van der Waals surface area contributed by atoms with Crippen LogP contribution in [0.4, 0.5) is 5.69 Å². The Morgan fingerprint density at radius 3 is 2.38 bits per heavy atom. The minimum atomic E-state index is -0.800. The van der Waals surface area contributed by atoms with Crippen molar-refractivity contribution in [1.29, 1.82) is 0 Å². The van der Waals surface area contributed by atoms with Crippen LogP contribution in [0.1, 0.15) is 18.4 Å². The highest BCUT2D eigenvalue weighted by Crippen LogP contribution is 2.32. The first-order valence-corrected chi connectivity index (χ1v) is 11.8. The number of aromatic nitrogens is 2. The molecule has 1 aromatic heterocycles. The van der Waals surface area contributed by atoms with E-state index >= 15 is 0 Å². The van der Waals surface area contributed by atoms with Gasteiger partial charge < -0.3 is 15.3 Å². The Kier molecular flexibility index (Phi) is 6.18. The number of amides is 1. The van der Waals surface area contributed by atoms with Gasteiger partial charge in [-0.3, -0.25) is 9.48 Å². The number of nitrogens with one attached hydrogen (secondary N) is 1. The number of anilines is 1. The minimum Gasteiger partial charge on any atom is -0.388 e. The van der Waals surface area contributed by atoms with Crippen LogP contribution in [0.3, 0.4) is 0 Å². The number of carbonyl (C=O) groups is 1. The molecule has 0 bridgehead atoms. The van der Waals surface area contributed by atoms with E-state index in [4.69, 9.17) is 5.10 Å². The molecule has 0 atom stereocenters. The molecule has 1 saturated heterocycles. The fraction of sp³-hybridized carbons (Fsp3) is 0.286. The normalized spacial score (nSPS) is 15.9. The lowest BCUT2D eigenvalue weighted by Gasteiger charge is -2.36. The van der Waals surface area contributed by atoms with E-state index in [-0.39, 0.29) is 5.91 Å². The molecule has 6 heteroatoms. The molecule has 0 aliphatic carbocycles. The zero-order valence-electron chi connectivity index (χ0n) is 19.4. The van der Waals surface area contributed by atoms with Gasteiger partial charge in [0.15, 0.2) is 0 Å². The average Bonchev–Trinajstić information content (AvgIpc) is 3.19. The molecule has 34 heavy (non-hydrogen) atoms. The Labute approximate surface area is 199 Å². The smallest absolute Gasteiger partial charge is 0.228 e. The van der Waals surface area contributed by atoms with Crippen molar-refractivity contribution in [3.8, 4) is 11.3 Å². The third-order valence-corrected chi connectivity index (χ3v) is 6.65. The highest BCUT2D eigenvalue weighted by Gasteiger charge is 2.32. The molecule has 2 N–H and O–H groups in total. The summed E-state index contributed by atoms with van der Waals surface area (Å²) in [6.45, 7) is 2.15. The van der Waals surface area contributed by atoms with Gasteiger partial charge in [0.25, 0.3) is 0 Å². The van der Waals surface area contributed by atoms with Gasteiger partial charge in [-0.1, -0.05) is 60.7 Å². The lowest BCUT2D eigenvalue weighted by atomic mass is 9.91. The Hall–Kier alpha value is -3.48. The van der Waals surface area contributed by atoms with E-state index in [9.17, 15) is 9.90 Å². The average molecular weight is 455 g/mol.